The van der Waals surface area contributed by atoms with Crippen LogP contribution in [0.3, 0.4) is 0 Å². The molecule has 0 spiro atoms. The highest BCUT2D eigenvalue weighted by atomic mass is 35.5. The Labute approximate surface area is 119 Å². The van der Waals surface area contributed by atoms with E-state index in [0.717, 1.165) is 0 Å². The maximum absolute atomic E-state index is 11.7. The molecule has 108 valence electrons. The summed E-state index contributed by atoms with van der Waals surface area (Å²) in [4.78, 5) is 19.0. The van der Waals surface area contributed by atoms with Crippen molar-refractivity contribution in [3.63, 3.8) is 0 Å². The molecule has 0 aliphatic carbocycles. The molecule has 1 unspecified atom stereocenters. The van der Waals surface area contributed by atoms with Gasteiger partial charge in [0, 0.05) is 13.1 Å². The minimum absolute atomic E-state index is 0.0502. The summed E-state index contributed by atoms with van der Waals surface area (Å²) < 4.78 is 11.7. The number of rotatable bonds is 5. The zero-order valence-corrected chi connectivity index (χ0v) is 13.9. The van der Waals surface area contributed by atoms with E-state index in [1.54, 1.807) is 0 Å². The first-order valence-electron chi connectivity index (χ1n) is 6.00. The number of hydrogen-bond acceptors (Lipinski definition) is 2. The first-order chi connectivity index (χ1) is 8.46. The second-order valence-corrected chi connectivity index (χ2v) is 13.8. The van der Waals surface area contributed by atoms with Gasteiger partial charge in [0.15, 0.2) is 5.34 Å². The van der Waals surface area contributed by atoms with Crippen LogP contribution in [0.5, 0.6) is 0 Å². The molecule has 0 saturated heterocycles. The molecule has 1 atom stereocenters. The van der Waals surface area contributed by atoms with Crippen molar-refractivity contribution in [3.05, 3.63) is 34.9 Å². The number of aliphatic hydroxyl groups is 1. The lowest BCUT2D eigenvalue weighted by atomic mass is 10.1. The largest absolute Gasteiger partial charge is 0.373 e. The van der Waals surface area contributed by atoms with Crippen molar-refractivity contribution in [1.29, 1.82) is 0 Å². The smallest absolute Gasteiger partial charge is 0.361 e. The quantitative estimate of drug-likeness (QED) is 0.573. The maximum Gasteiger partial charge on any atom is 0.361 e. The Morgan fingerprint density at radius 3 is 2.05 bits per heavy atom. The standard InChI is InChI=1S/C12H20ClO4PSi/c1-19(2,3)9-8-12(14,18(15,16)17)10-4-6-11(13)7-5-10/h4-7,14H,8-9H2,1-3H3,(H2,15,16,17). The third-order valence-corrected chi connectivity index (χ3v) is 6.46. The van der Waals surface area contributed by atoms with Crippen LogP contribution in [0.25, 0.3) is 0 Å². The van der Waals surface area contributed by atoms with Gasteiger partial charge in [-0.25, -0.2) is 0 Å². The summed E-state index contributed by atoms with van der Waals surface area (Å²) in [6.07, 6.45) is 0.0502. The molecular formula is C12H20ClO4PSi. The fourth-order valence-electron chi connectivity index (χ4n) is 1.72. The lowest BCUT2D eigenvalue weighted by Crippen LogP contribution is -2.30. The molecule has 0 aliphatic heterocycles. The van der Waals surface area contributed by atoms with Crippen molar-refractivity contribution in [2.24, 2.45) is 0 Å². The molecule has 0 saturated carbocycles. The van der Waals surface area contributed by atoms with Gasteiger partial charge in [0.25, 0.3) is 0 Å². The molecule has 0 bridgehead atoms. The molecular weight excluding hydrogens is 303 g/mol. The maximum atomic E-state index is 11.7. The third-order valence-electron chi connectivity index (χ3n) is 3.01. The predicted molar refractivity (Wildman–Crippen MR) is 80.2 cm³/mol. The summed E-state index contributed by atoms with van der Waals surface area (Å²) >= 11 is 5.76. The Morgan fingerprint density at radius 1 is 1.21 bits per heavy atom. The lowest BCUT2D eigenvalue weighted by Gasteiger charge is -2.31. The van der Waals surface area contributed by atoms with Crippen LogP contribution in [0.4, 0.5) is 0 Å². The van der Waals surface area contributed by atoms with Gasteiger partial charge in [0.1, 0.15) is 0 Å². The van der Waals surface area contributed by atoms with Crippen LogP contribution in [0.2, 0.25) is 30.7 Å². The molecule has 7 heteroatoms. The molecule has 3 N–H and O–H groups in total. The molecule has 0 aromatic heterocycles. The van der Waals surface area contributed by atoms with Crippen molar-refractivity contribution in [2.75, 3.05) is 0 Å². The van der Waals surface area contributed by atoms with E-state index in [9.17, 15) is 19.5 Å². The van der Waals surface area contributed by atoms with Crippen LogP contribution < -0.4 is 0 Å². The Balaban J connectivity index is 3.14. The fraction of sp³-hybridized carbons (Fsp3) is 0.500. The van der Waals surface area contributed by atoms with E-state index < -0.39 is 21.0 Å². The minimum Gasteiger partial charge on any atom is -0.373 e. The van der Waals surface area contributed by atoms with E-state index in [4.69, 9.17) is 11.6 Å². The predicted octanol–water partition coefficient (Wildman–Crippen LogP) is 3.39. The van der Waals surface area contributed by atoms with E-state index in [1.165, 1.54) is 24.3 Å². The van der Waals surface area contributed by atoms with Crippen molar-refractivity contribution >= 4 is 27.3 Å². The number of hydrogen-bond donors (Lipinski definition) is 3. The van der Waals surface area contributed by atoms with Gasteiger partial charge in [0.05, 0.1) is 0 Å². The molecule has 1 rings (SSSR count). The first kappa shape index (κ1) is 16.9. The minimum atomic E-state index is -4.68. The van der Waals surface area contributed by atoms with Gasteiger partial charge in [0.2, 0.25) is 0 Å². The molecule has 19 heavy (non-hydrogen) atoms. The molecule has 0 radical (unpaired) electrons. The molecule has 1 aromatic rings. The first-order valence-corrected chi connectivity index (χ1v) is 11.7. The van der Waals surface area contributed by atoms with Gasteiger partial charge >= 0.3 is 7.60 Å². The van der Waals surface area contributed by atoms with Crippen LogP contribution in [0, 0.1) is 0 Å². The number of benzene rings is 1. The van der Waals surface area contributed by atoms with Gasteiger partial charge in [-0.1, -0.05) is 49.4 Å². The van der Waals surface area contributed by atoms with Crippen LogP contribution in [0.15, 0.2) is 24.3 Å². The topological polar surface area (TPSA) is 77.8 Å². The zero-order chi connectivity index (χ0) is 14.9. The summed E-state index contributed by atoms with van der Waals surface area (Å²) in [5, 5.41) is 8.82. The normalized spacial score (nSPS) is 16.2. The Hall–Kier alpha value is -0.163. The van der Waals surface area contributed by atoms with E-state index in [0.29, 0.717) is 11.1 Å². The van der Waals surface area contributed by atoms with Gasteiger partial charge in [-0.2, -0.15) is 0 Å². The van der Waals surface area contributed by atoms with E-state index in [1.807, 2.05) is 0 Å². The second kappa shape index (κ2) is 5.68. The third kappa shape index (κ3) is 4.41. The van der Waals surface area contributed by atoms with Gasteiger partial charge in [-0.05, 0) is 24.1 Å². The molecule has 0 amide bonds. The second-order valence-electron chi connectivity index (χ2n) is 5.93. The summed E-state index contributed by atoms with van der Waals surface area (Å²) in [5.41, 5.74) is 0.212. The molecule has 0 aliphatic rings. The van der Waals surface area contributed by atoms with E-state index in [2.05, 4.69) is 19.6 Å². The molecule has 0 heterocycles. The highest BCUT2D eigenvalue weighted by molar-refractivity contribution is 7.52. The summed E-state index contributed by atoms with van der Waals surface area (Å²) in [6.45, 7) is 6.28. The summed E-state index contributed by atoms with van der Waals surface area (Å²) in [7, 11) is -6.20. The Bertz CT molecular complexity index is 479. The molecule has 0 fully saturated rings. The van der Waals surface area contributed by atoms with E-state index in [-0.39, 0.29) is 12.0 Å². The van der Waals surface area contributed by atoms with Crippen LogP contribution >= 0.6 is 19.2 Å². The van der Waals surface area contributed by atoms with Crippen molar-refractivity contribution in [1.82, 2.24) is 0 Å². The zero-order valence-electron chi connectivity index (χ0n) is 11.3. The average Bonchev–Trinajstić information content (AvgIpc) is 2.24. The number of halogens is 1. The van der Waals surface area contributed by atoms with Crippen LogP contribution in [0.1, 0.15) is 12.0 Å². The van der Waals surface area contributed by atoms with Crippen LogP contribution in [-0.2, 0) is 9.91 Å². The molecule has 4 nitrogen and oxygen atoms in total. The van der Waals surface area contributed by atoms with Crippen molar-refractivity contribution in [2.45, 2.75) is 37.4 Å². The van der Waals surface area contributed by atoms with E-state index >= 15 is 0 Å². The monoisotopic (exact) mass is 322 g/mol. The lowest BCUT2D eigenvalue weighted by molar-refractivity contribution is 0.0853. The average molecular weight is 323 g/mol. The fourth-order valence-corrected chi connectivity index (χ4v) is 4.06. The van der Waals surface area contributed by atoms with Gasteiger partial charge in [-0.15, -0.1) is 0 Å². The SMILES string of the molecule is C[Si](C)(C)CCC(O)(c1ccc(Cl)cc1)P(=O)(O)O. The highest BCUT2D eigenvalue weighted by Crippen LogP contribution is 2.58. The highest BCUT2D eigenvalue weighted by Gasteiger charge is 2.47. The van der Waals surface area contributed by atoms with Gasteiger partial charge in [-0.3, -0.25) is 4.57 Å². The molecule has 1 aromatic carbocycles. The summed E-state index contributed by atoms with van der Waals surface area (Å²) in [5.74, 6) is 0. The summed E-state index contributed by atoms with van der Waals surface area (Å²) in [6, 6.07) is 6.59. The van der Waals surface area contributed by atoms with Gasteiger partial charge < -0.3 is 14.9 Å². The van der Waals surface area contributed by atoms with Crippen molar-refractivity contribution in [3.8, 4) is 0 Å². The Kier molecular flexibility index (Phi) is 5.05. The van der Waals surface area contributed by atoms with Crippen LogP contribution in [-0.4, -0.2) is 23.0 Å². The van der Waals surface area contributed by atoms with Crippen molar-refractivity contribution < 1.29 is 19.5 Å². The Morgan fingerprint density at radius 2 is 1.68 bits per heavy atom.